The molecule has 0 saturated heterocycles. The van der Waals surface area contributed by atoms with Gasteiger partial charge in [-0.1, -0.05) is 104 Å². The van der Waals surface area contributed by atoms with Crippen LogP contribution in [0.4, 0.5) is 0 Å². The standard InChI is InChI=1S/C35H53N.C6H7N/c1-26(33-27(2)23-28(3)36(29(33)4)25-32-13-10-11-14-32)15-16-30-17-19-31(20-18-30)24-35(8,9)22-12-21-34(5,6)7;1-6-4-2-3-5-7-6/h10,13,17-20,27,32H,1,3,11-12,14-16,21-25H2,2,4-9H3;2-5H,1H3. The van der Waals surface area contributed by atoms with Crippen LogP contribution in [-0.4, -0.2) is 16.4 Å². The Kier molecular flexibility index (Phi) is 12.7. The summed E-state index contributed by atoms with van der Waals surface area (Å²) in [6.07, 6.45) is 17.2. The van der Waals surface area contributed by atoms with Gasteiger partial charge in [0.05, 0.1) is 0 Å². The van der Waals surface area contributed by atoms with E-state index in [1.165, 1.54) is 65.8 Å². The summed E-state index contributed by atoms with van der Waals surface area (Å²) < 4.78 is 0. The van der Waals surface area contributed by atoms with Gasteiger partial charge in [0, 0.05) is 29.8 Å². The van der Waals surface area contributed by atoms with Gasteiger partial charge in [0.2, 0.25) is 0 Å². The van der Waals surface area contributed by atoms with E-state index in [1.807, 2.05) is 25.1 Å². The van der Waals surface area contributed by atoms with Gasteiger partial charge in [0.1, 0.15) is 0 Å². The molecule has 0 radical (unpaired) electrons. The van der Waals surface area contributed by atoms with Gasteiger partial charge in [-0.25, -0.2) is 0 Å². The molecule has 1 aromatic heterocycles. The number of aryl methyl sites for hydroxylation is 2. The minimum atomic E-state index is 0.354. The van der Waals surface area contributed by atoms with Crippen LogP contribution >= 0.6 is 0 Å². The predicted octanol–water partition coefficient (Wildman–Crippen LogP) is 11.4. The van der Waals surface area contributed by atoms with E-state index < -0.39 is 0 Å². The molecule has 4 rings (SSSR count). The molecule has 2 heteroatoms. The molecule has 0 bridgehead atoms. The van der Waals surface area contributed by atoms with Crippen molar-refractivity contribution < 1.29 is 0 Å². The predicted molar refractivity (Wildman–Crippen MR) is 188 cm³/mol. The fraction of sp³-hybridized carbons (Fsp3) is 0.537. The third-order valence-electron chi connectivity index (χ3n) is 9.14. The first-order chi connectivity index (χ1) is 20.2. The number of aromatic nitrogens is 1. The first-order valence-electron chi connectivity index (χ1n) is 16.7. The van der Waals surface area contributed by atoms with E-state index in [2.05, 4.69) is 108 Å². The molecule has 2 nitrogen and oxygen atoms in total. The van der Waals surface area contributed by atoms with Crippen molar-refractivity contribution in [1.29, 1.82) is 0 Å². The zero-order valence-electron chi connectivity index (χ0n) is 28.8. The van der Waals surface area contributed by atoms with E-state index in [4.69, 9.17) is 0 Å². The van der Waals surface area contributed by atoms with Crippen LogP contribution in [0, 0.1) is 29.6 Å². The lowest BCUT2D eigenvalue weighted by Gasteiger charge is -2.39. The maximum absolute atomic E-state index is 4.57. The monoisotopic (exact) mass is 580 g/mol. The smallest absolute Gasteiger partial charge is 0.0372 e. The molecule has 2 atom stereocenters. The Bertz CT molecular complexity index is 1240. The van der Waals surface area contributed by atoms with Crippen LogP contribution in [0.25, 0.3) is 0 Å². The van der Waals surface area contributed by atoms with Gasteiger partial charge in [-0.15, -0.1) is 0 Å². The topological polar surface area (TPSA) is 16.1 Å². The second kappa shape index (κ2) is 15.7. The maximum Gasteiger partial charge on any atom is 0.0372 e. The van der Waals surface area contributed by atoms with Crippen molar-refractivity contribution in [3.05, 3.63) is 113 Å². The van der Waals surface area contributed by atoms with Gasteiger partial charge in [-0.3, -0.25) is 4.98 Å². The summed E-state index contributed by atoms with van der Waals surface area (Å²) in [5, 5.41) is 0. The van der Waals surface area contributed by atoms with Crippen LogP contribution in [0.15, 0.2) is 96.5 Å². The Labute approximate surface area is 265 Å². The molecule has 0 spiro atoms. The van der Waals surface area contributed by atoms with Crippen LogP contribution < -0.4 is 0 Å². The molecule has 1 aromatic carbocycles. The third kappa shape index (κ3) is 11.6. The SMILES string of the molecule is C=C(CCc1ccc(CC(C)(C)CCCC(C)(C)C)cc1)C1=C(C)N(CC2C=CCC2)C(=C)CC1C.Cc1ccccn1. The minimum absolute atomic E-state index is 0.354. The highest BCUT2D eigenvalue weighted by molar-refractivity contribution is 5.39. The number of rotatable bonds is 11. The van der Waals surface area contributed by atoms with Gasteiger partial charge in [0.15, 0.2) is 0 Å². The van der Waals surface area contributed by atoms with Crippen molar-refractivity contribution in [2.24, 2.45) is 22.7 Å². The maximum atomic E-state index is 4.57. The summed E-state index contributed by atoms with van der Waals surface area (Å²) in [7, 11) is 0. The van der Waals surface area contributed by atoms with Crippen LogP contribution in [0.2, 0.25) is 0 Å². The van der Waals surface area contributed by atoms with E-state index in [1.54, 1.807) is 6.20 Å². The molecule has 0 amide bonds. The summed E-state index contributed by atoms with van der Waals surface area (Å²) in [6, 6.07) is 15.3. The Morgan fingerprint density at radius 2 is 1.67 bits per heavy atom. The number of nitrogens with zero attached hydrogens (tertiary/aromatic N) is 2. The van der Waals surface area contributed by atoms with Gasteiger partial charge >= 0.3 is 0 Å². The molecule has 1 aliphatic carbocycles. The van der Waals surface area contributed by atoms with Crippen LogP contribution in [0.5, 0.6) is 0 Å². The van der Waals surface area contributed by atoms with E-state index >= 15 is 0 Å². The number of allylic oxidation sites excluding steroid dienone is 5. The van der Waals surface area contributed by atoms with E-state index in [9.17, 15) is 0 Å². The molecule has 0 saturated carbocycles. The Balaban J connectivity index is 0.000000633. The fourth-order valence-corrected chi connectivity index (χ4v) is 6.70. The van der Waals surface area contributed by atoms with Crippen LogP contribution in [0.1, 0.15) is 110 Å². The molecule has 43 heavy (non-hydrogen) atoms. The molecule has 234 valence electrons. The Hall–Kier alpha value is -2.87. The number of pyridine rings is 1. The molecule has 2 aliphatic rings. The average Bonchev–Trinajstić information content (AvgIpc) is 3.44. The third-order valence-corrected chi connectivity index (χ3v) is 9.14. The summed E-state index contributed by atoms with van der Waals surface area (Å²) in [5.74, 6) is 1.16. The quantitative estimate of drug-likeness (QED) is 0.246. The molecule has 1 aliphatic heterocycles. The lowest BCUT2D eigenvalue weighted by molar-refractivity contribution is 0.280. The molecule has 0 N–H and O–H groups in total. The van der Waals surface area contributed by atoms with Gasteiger partial charge in [-0.05, 0) is 122 Å². The van der Waals surface area contributed by atoms with Crippen molar-refractivity contribution in [3.8, 4) is 0 Å². The number of hydrogen-bond acceptors (Lipinski definition) is 2. The lowest BCUT2D eigenvalue weighted by Crippen LogP contribution is -2.32. The van der Waals surface area contributed by atoms with Crippen molar-refractivity contribution >= 4 is 0 Å². The molecule has 2 heterocycles. The highest BCUT2D eigenvalue weighted by Crippen LogP contribution is 2.39. The van der Waals surface area contributed by atoms with E-state index in [-0.39, 0.29) is 0 Å². The second-order valence-electron chi connectivity index (χ2n) is 15.2. The van der Waals surface area contributed by atoms with Crippen molar-refractivity contribution in [2.75, 3.05) is 6.54 Å². The average molecular weight is 581 g/mol. The highest BCUT2D eigenvalue weighted by atomic mass is 15.2. The summed E-state index contributed by atoms with van der Waals surface area (Å²) in [4.78, 5) is 6.46. The molecule has 2 aromatic rings. The van der Waals surface area contributed by atoms with Crippen LogP contribution in [0.3, 0.4) is 0 Å². The second-order valence-corrected chi connectivity index (χ2v) is 15.2. The molecular formula is C41H60N2. The zero-order chi connectivity index (χ0) is 31.6. The van der Waals surface area contributed by atoms with Gasteiger partial charge in [0.25, 0.3) is 0 Å². The van der Waals surface area contributed by atoms with Crippen molar-refractivity contribution in [3.63, 3.8) is 0 Å². The molecular weight excluding hydrogens is 520 g/mol. The fourth-order valence-electron chi connectivity index (χ4n) is 6.70. The number of benzene rings is 1. The highest BCUT2D eigenvalue weighted by Gasteiger charge is 2.28. The van der Waals surface area contributed by atoms with Gasteiger partial charge < -0.3 is 4.90 Å². The van der Waals surface area contributed by atoms with Gasteiger partial charge in [-0.2, -0.15) is 0 Å². The number of hydrogen-bond donors (Lipinski definition) is 0. The Morgan fingerprint density at radius 1 is 0.977 bits per heavy atom. The van der Waals surface area contributed by atoms with E-state index in [0.29, 0.717) is 22.7 Å². The van der Waals surface area contributed by atoms with E-state index in [0.717, 1.165) is 37.9 Å². The minimum Gasteiger partial charge on any atom is -0.349 e. The first-order valence-corrected chi connectivity index (χ1v) is 16.7. The summed E-state index contributed by atoms with van der Waals surface area (Å²) in [5.41, 5.74) is 10.2. The van der Waals surface area contributed by atoms with Crippen molar-refractivity contribution in [1.82, 2.24) is 9.88 Å². The first kappa shape index (κ1) is 34.6. The molecule has 2 unspecified atom stereocenters. The Morgan fingerprint density at radius 3 is 2.23 bits per heavy atom. The van der Waals surface area contributed by atoms with Crippen LogP contribution in [-0.2, 0) is 12.8 Å². The summed E-state index contributed by atoms with van der Waals surface area (Å²) in [6.45, 7) is 28.6. The lowest BCUT2D eigenvalue weighted by atomic mass is 9.78. The normalized spacial score (nSPS) is 19.0. The largest absolute Gasteiger partial charge is 0.349 e. The zero-order valence-corrected chi connectivity index (χ0v) is 28.8. The summed E-state index contributed by atoms with van der Waals surface area (Å²) >= 11 is 0. The van der Waals surface area contributed by atoms with Crippen molar-refractivity contribution in [2.45, 2.75) is 113 Å². The molecule has 0 fully saturated rings.